The lowest BCUT2D eigenvalue weighted by atomic mass is 9.70. The molecule has 2 fully saturated rings. The molecule has 0 saturated carbocycles. The second-order valence-electron chi connectivity index (χ2n) is 8.63. The largest absolute Gasteiger partial charge is 0.390 e. The average Bonchev–Trinajstić information content (AvgIpc) is 2.58. The Morgan fingerprint density at radius 2 is 1.67 bits per heavy atom. The summed E-state index contributed by atoms with van der Waals surface area (Å²) in [5, 5.41) is 24.6. The topological polar surface area (TPSA) is 96.3 Å². The average molecular weight is 342 g/mol. The van der Waals surface area contributed by atoms with E-state index in [1.54, 1.807) is 4.90 Å². The minimum absolute atomic E-state index is 0.0334. The molecule has 138 valence electrons. The smallest absolute Gasteiger partial charge is 0.325 e. The van der Waals surface area contributed by atoms with Crippen molar-refractivity contribution in [2.24, 2.45) is 0 Å². The quantitative estimate of drug-likeness (QED) is 0.634. The molecule has 8 nitrogen and oxygen atoms in total. The van der Waals surface area contributed by atoms with Gasteiger partial charge in [-0.25, -0.2) is 4.79 Å². The first kappa shape index (κ1) is 19.1. The van der Waals surface area contributed by atoms with Crippen LogP contribution in [0.2, 0.25) is 0 Å². The normalized spacial score (nSPS) is 27.0. The van der Waals surface area contributed by atoms with Crippen LogP contribution in [0.25, 0.3) is 0 Å². The molecule has 24 heavy (non-hydrogen) atoms. The number of carbonyl (C=O) groups is 2. The second kappa shape index (κ2) is 5.94. The van der Waals surface area contributed by atoms with Crippen LogP contribution in [0.5, 0.6) is 0 Å². The van der Waals surface area contributed by atoms with Crippen LogP contribution in [-0.2, 0) is 4.79 Å². The Kier molecular flexibility index (Phi) is 4.73. The van der Waals surface area contributed by atoms with Crippen LogP contribution in [0.1, 0.15) is 40.5 Å². The molecule has 0 radical (unpaired) electrons. The van der Waals surface area contributed by atoms with E-state index >= 15 is 0 Å². The van der Waals surface area contributed by atoms with Gasteiger partial charge in [0.05, 0.1) is 12.6 Å². The number of hydrogen-bond donors (Lipinski definition) is 3. The number of carbonyl (C=O) groups excluding carboxylic acids is 2. The fourth-order valence-corrected chi connectivity index (χ4v) is 4.28. The molecule has 3 N–H and O–H groups in total. The SMILES string of the molecule is CN(C)CC(O)CN1C(=O)NC2(CC(C)(C)N(O)C(C)(C)C2)C1=O. The summed E-state index contributed by atoms with van der Waals surface area (Å²) in [5.41, 5.74) is -2.37. The summed E-state index contributed by atoms with van der Waals surface area (Å²) in [7, 11) is 3.64. The van der Waals surface area contributed by atoms with Crippen LogP contribution in [0.3, 0.4) is 0 Å². The molecule has 2 aliphatic rings. The first-order chi connectivity index (χ1) is 10.8. The number of nitrogens with zero attached hydrogens (tertiary/aromatic N) is 3. The molecular formula is C16H30N4O4. The van der Waals surface area contributed by atoms with Gasteiger partial charge < -0.3 is 20.5 Å². The summed E-state index contributed by atoms with van der Waals surface area (Å²) in [4.78, 5) is 28.3. The lowest BCUT2D eigenvalue weighted by Crippen LogP contribution is -2.68. The molecule has 3 amide bonds. The number of piperidine rings is 1. The maximum Gasteiger partial charge on any atom is 0.325 e. The van der Waals surface area contributed by atoms with E-state index in [4.69, 9.17) is 0 Å². The Morgan fingerprint density at radius 3 is 2.12 bits per heavy atom. The highest BCUT2D eigenvalue weighted by Crippen LogP contribution is 2.44. The Balaban J connectivity index is 2.24. The standard InChI is InChI=1S/C16H30N4O4/c1-14(2)9-16(10-15(3,4)20(14)24)12(22)19(13(23)17-16)8-11(21)7-18(5)6/h11,21,24H,7-10H2,1-6H3,(H,17,23). The minimum atomic E-state index is -1.04. The molecule has 1 atom stereocenters. The number of aliphatic hydroxyl groups is 1. The number of hydroxylamine groups is 2. The predicted molar refractivity (Wildman–Crippen MR) is 88.6 cm³/mol. The van der Waals surface area contributed by atoms with Crippen molar-refractivity contribution in [3.8, 4) is 0 Å². The van der Waals surface area contributed by atoms with Gasteiger partial charge in [0.15, 0.2) is 0 Å². The summed E-state index contributed by atoms with van der Waals surface area (Å²) in [6, 6.07) is -0.476. The van der Waals surface area contributed by atoms with Gasteiger partial charge in [-0.15, -0.1) is 0 Å². The molecule has 2 rings (SSSR count). The van der Waals surface area contributed by atoms with Crippen molar-refractivity contribution in [1.82, 2.24) is 20.2 Å². The summed E-state index contributed by atoms with van der Waals surface area (Å²) >= 11 is 0. The van der Waals surface area contributed by atoms with Crippen molar-refractivity contribution in [3.05, 3.63) is 0 Å². The van der Waals surface area contributed by atoms with Crippen molar-refractivity contribution in [3.63, 3.8) is 0 Å². The van der Waals surface area contributed by atoms with Crippen LogP contribution in [0.15, 0.2) is 0 Å². The molecule has 1 unspecified atom stereocenters. The van der Waals surface area contributed by atoms with E-state index in [1.807, 2.05) is 41.8 Å². The van der Waals surface area contributed by atoms with Crippen LogP contribution >= 0.6 is 0 Å². The van der Waals surface area contributed by atoms with Gasteiger partial charge in [-0.2, -0.15) is 5.06 Å². The van der Waals surface area contributed by atoms with E-state index < -0.39 is 28.8 Å². The van der Waals surface area contributed by atoms with Gasteiger partial charge in [0.25, 0.3) is 5.91 Å². The summed E-state index contributed by atoms with van der Waals surface area (Å²) in [6.07, 6.45) is -0.181. The third-order valence-electron chi connectivity index (χ3n) is 4.83. The zero-order valence-electron chi connectivity index (χ0n) is 15.5. The molecule has 0 bridgehead atoms. The number of rotatable bonds is 4. The van der Waals surface area contributed by atoms with Crippen LogP contribution < -0.4 is 5.32 Å². The van der Waals surface area contributed by atoms with Crippen LogP contribution in [-0.4, -0.2) is 87.0 Å². The van der Waals surface area contributed by atoms with E-state index in [-0.39, 0.29) is 12.5 Å². The number of hydrogen-bond acceptors (Lipinski definition) is 6. The van der Waals surface area contributed by atoms with E-state index in [9.17, 15) is 19.9 Å². The maximum atomic E-state index is 13.0. The molecule has 2 heterocycles. The van der Waals surface area contributed by atoms with Gasteiger partial charge >= 0.3 is 6.03 Å². The van der Waals surface area contributed by atoms with Gasteiger partial charge in [-0.05, 0) is 54.6 Å². The number of imide groups is 1. The molecule has 0 aromatic rings. The van der Waals surface area contributed by atoms with Crippen LogP contribution in [0, 0.1) is 0 Å². The molecule has 8 heteroatoms. The molecule has 0 aromatic carbocycles. The van der Waals surface area contributed by atoms with E-state index in [0.29, 0.717) is 19.4 Å². The molecule has 0 aliphatic carbocycles. The van der Waals surface area contributed by atoms with Gasteiger partial charge in [0.1, 0.15) is 5.54 Å². The molecule has 1 spiro atoms. The number of urea groups is 1. The van der Waals surface area contributed by atoms with Crippen molar-refractivity contribution in [2.45, 2.75) is 63.3 Å². The fourth-order valence-electron chi connectivity index (χ4n) is 4.28. The third-order valence-corrected chi connectivity index (χ3v) is 4.83. The lowest BCUT2D eigenvalue weighted by molar-refractivity contribution is -0.253. The summed E-state index contributed by atoms with van der Waals surface area (Å²) in [5.74, 6) is -0.320. The van der Waals surface area contributed by atoms with Gasteiger partial charge in [0.2, 0.25) is 0 Å². The minimum Gasteiger partial charge on any atom is -0.390 e. The van der Waals surface area contributed by atoms with E-state index in [2.05, 4.69) is 5.32 Å². The first-order valence-electron chi connectivity index (χ1n) is 8.27. The zero-order valence-corrected chi connectivity index (χ0v) is 15.5. The number of aliphatic hydroxyl groups excluding tert-OH is 1. The maximum absolute atomic E-state index is 13.0. The van der Waals surface area contributed by atoms with E-state index in [0.717, 1.165) is 4.90 Å². The first-order valence-corrected chi connectivity index (χ1v) is 8.27. The number of amides is 3. The van der Waals surface area contributed by atoms with Crippen molar-refractivity contribution in [2.75, 3.05) is 27.2 Å². The van der Waals surface area contributed by atoms with E-state index in [1.165, 1.54) is 5.06 Å². The van der Waals surface area contributed by atoms with Crippen molar-refractivity contribution in [1.29, 1.82) is 0 Å². The predicted octanol–water partition coefficient (Wildman–Crippen LogP) is 0.242. The Labute approximate surface area is 143 Å². The van der Waals surface area contributed by atoms with Gasteiger partial charge in [0, 0.05) is 17.6 Å². The number of β-amino-alcohol motifs (C(OH)–C–C–N with tert-alkyl or cyclic N) is 1. The van der Waals surface area contributed by atoms with Crippen LogP contribution in [0.4, 0.5) is 4.79 Å². The Bertz CT molecular complexity index is 514. The highest BCUT2D eigenvalue weighted by molar-refractivity contribution is 6.07. The van der Waals surface area contributed by atoms with Crippen molar-refractivity contribution < 1.29 is 19.9 Å². The highest BCUT2D eigenvalue weighted by Gasteiger charge is 2.61. The fraction of sp³-hybridized carbons (Fsp3) is 0.875. The summed E-state index contributed by atoms with van der Waals surface area (Å²) in [6.45, 7) is 7.72. The van der Waals surface area contributed by atoms with Crippen molar-refractivity contribution >= 4 is 11.9 Å². The molecule has 2 saturated heterocycles. The zero-order chi connectivity index (χ0) is 18.5. The molecule has 0 aromatic heterocycles. The molecular weight excluding hydrogens is 312 g/mol. The second-order valence-corrected chi connectivity index (χ2v) is 8.63. The Morgan fingerprint density at radius 1 is 1.17 bits per heavy atom. The lowest BCUT2D eigenvalue weighted by Gasteiger charge is -2.54. The number of likely N-dealkylation sites (N-methyl/N-ethyl adjacent to an activating group) is 1. The van der Waals surface area contributed by atoms with Gasteiger partial charge in [-0.3, -0.25) is 9.69 Å². The Hall–Kier alpha value is -1.22. The summed E-state index contributed by atoms with van der Waals surface area (Å²) < 4.78 is 0. The monoisotopic (exact) mass is 342 g/mol. The molecule has 2 aliphatic heterocycles. The highest BCUT2D eigenvalue weighted by atomic mass is 16.5. The van der Waals surface area contributed by atoms with Gasteiger partial charge in [-0.1, -0.05) is 0 Å². The number of nitrogens with one attached hydrogen (secondary N) is 1. The third kappa shape index (κ3) is 3.28.